The fourth-order valence-corrected chi connectivity index (χ4v) is 3.97. The van der Waals surface area contributed by atoms with E-state index in [1.165, 1.54) is 42.4 Å². The number of rotatable bonds is 3. The van der Waals surface area contributed by atoms with Crippen LogP contribution in [0.1, 0.15) is 75.3 Å². The second-order valence-corrected chi connectivity index (χ2v) is 6.77. The Labute approximate surface area is 128 Å². The van der Waals surface area contributed by atoms with Gasteiger partial charge in [0.1, 0.15) is 5.78 Å². The minimum absolute atomic E-state index is 0.340. The molecule has 0 saturated heterocycles. The van der Waals surface area contributed by atoms with E-state index >= 15 is 0 Å². The van der Waals surface area contributed by atoms with Crippen LogP contribution in [0.3, 0.4) is 0 Å². The Morgan fingerprint density at radius 2 is 1.81 bits per heavy atom. The molecule has 1 fully saturated rings. The first-order chi connectivity index (χ1) is 10.3. The highest BCUT2D eigenvalue weighted by Gasteiger charge is 2.26. The molecule has 1 aromatic rings. The van der Waals surface area contributed by atoms with Gasteiger partial charge in [0.15, 0.2) is 0 Å². The molecule has 0 aromatic heterocycles. The third-order valence-corrected chi connectivity index (χ3v) is 5.29. The zero-order valence-electron chi connectivity index (χ0n) is 13.1. The van der Waals surface area contributed by atoms with Crippen molar-refractivity contribution >= 4 is 11.4 Å². The Kier molecular flexibility index (Phi) is 4.57. The van der Waals surface area contributed by atoms with Crippen LogP contribution in [0.2, 0.25) is 0 Å². The van der Waals surface area contributed by atoms with Gasteiger partial charge in [0.05, 0.1) is 0 Å². The molecule has 1 nitrogen and oxygen atoms in total. The summed E-state index contributed by atoms with van der Waals surface area (Å²) >= 11 is 0. The Hall–Kier alpha value is -1.37. The fourth-order valence-electron chi connectivity index (χ4n) is 3.97. The maximum Gasteiger partial charge on any atom is 0.136 e. The van der Waals surface area contributed by atoms with Crippen LogP contribution < -0.4 is 0 Å². The molecule has 0 heterocycles. The average molecular weight is 282 g/mol. The van der Waals surface area contributed by atoms with Crippen molar-refractivity contribution in [2.45, 2.75) is 64.2 Å². The molecule has 0 spiro atoms. The number of ketones is 1. The van der Waals surface area contributed by atoms with Crippen molar-refractivity contribution in [2.24, 2.45) is 5.92 Å². The second kappa shape index (κ2) is 6.60. The van der Waals surface area contributed by atoms with Crippen molar-refractivity contribution in [3.63, 3.8) is 0 Å². The zero-order chi connectivity index (χ0) is 14.7. The molecule has 0 N–H and O–H groups in total. The molecule has 1 aromatic carbocycles. The Bertz CT molecular complexity index is 533. The van der Waals surface area contributed by atoms with Crippen LogP contribution >= 0.6 is 0 Å². The van der Waals surface area contributed by atoms with Crippen LogP contribution in [0.4, 0.5) is 0 Å². The number of carbonyl (C=O) groups excluding carboxylic acids is 1. The molecule has 0 amide bonds. The molecule has 0 bridgehead atoms. The van der Waals surface area contributed by atoms with Gasteiger partial charge in [-0.2, -0.15) is 0 Å². The van der Waals surface area contributed by atoms with Gasteiger partial charge in [-0.3, -0.25) is 4.79 Å². The smallest absolute Gasteiger partial charge is 0.136 e. The van der Waals surface area contributed by atoms with Gasteiger partial charge in [-0.25, -0.2) is 0 Å². The quantitative estimate of drug-likeness (QED) is 0.668. The summed E-state index contributed by atoms with van der Waals surface area (Å²) in [6.07, 6.45) is 11.5. The average Bonchev–Trinajstić information content (AvgIpc) is 2.79. The maximum atomic E-state index is 12.7. The molecule has 0 radical (unpaired) electrons. The molecular formula is C20H26O. The highest BCUT2D eigenvalue weighted by atomic mass is 16.1. The van der Waals surface area contributed by atoms with Gasteiger partial charge in [0.2, 0.25) is 0 Å². The Morgan fingerprint density at radius 1 is 1.10 bits per heavy atom. The van der Waals surface area contributed by atoms with Crippen LogP contribution in [0.5, 0.6) is 0 Å². The summed E-state index contributed by atoms with van der Waals surface area (Å²) in [7, 11) is 0. The number of benzene rings is 1. The predicted molar refractivity (Wildman–Crippen MR) is 88.3 cm³/mol. The maximum absolute atomic E-state index is 12.7. The first-order valence-corrected chi connectivity index (χ1v) is 8.54. The first-order valence-electron chi connectivity index (χ1n) is 8.54. The summed E-state index contributed by atoms with van der Waals surface area (Å²) in [5, 5.41) is 0. The van der Waals surface area contributed by atoms with E-state index in [9.17, 15) is 4.79 Å². The molecule has 1 saturated carbocycles. The van der Waals surface area contributed by atoms with E-state index in [2.05, 4.69) is 37.3 Å². The summed E-state index contributed by atoms with van der Waals surface area (Å²) in [5.41, 5.74) is 4.10. The highest BCUT2D eigenvalue weighted by molar-refractivity contribution is 5.82. The number of hydrogen-bond donors (Lipinski definition) is 0. The summed E-state index contributed by atoms with van der Waals surface area (Å²) in [6, 6.07) is 8.63. The lowest BCUT2D eigenvalue weighted by molar-refractivity contribution is -0.123. The lowest BCUT2D eigenvalue weighted by atomic mass is 9.79. The molecule has 3 rings (SSSR count). The SMILES string of the molecule is CC1=CCC(CC(=O)C2CCCCCC2)c2ccccc21. The summed E-state index contributed by atoms with van der Waals surface area (Å²) in [5.74, 6) is 1.26. The van der Waals surface area contributed by atoms with E-state index < -0.39 is 0 Å². The molecule has 1 unspecified atom stereocenters. The molecule has 2 aliphatic carbocycles. The van der Waals surface area contributed by atoms with Crippen LogP contribution in [-0.4, -0.2) is 5.78 Å². The van der Waals surface area contributed by atoms with Gasteiger partial charge in [-0.1, -0.05) is 56.0 Å². The zero-order valence-corrected chi connectivity index (χ0v) is 13.1. The summed E-state index contributed by atoms with van der Waals surface area (Å²) in [4.78, 5) is 12.7. The lowest BCUT2D eigenvalue weighted by Gasteiger charge is -2.25. The minimum atomic E-state index is 0.340. The number of allylic oxidation sites excluding steroid dienone is 2. The van der Waals surface area contributed by atoms with Crippen LogP contribution in [0, 0.1) is 5.92 Å². The van der Waals surface area contributed by atoms with Gasteiger partial charge in [-0.05, 0) is 48.8 Å². The molecular weight excluding hydrogens is 256 g/mol. The Balaban J connectivity index is 1.72. The monoisotopic (exact) mass is 282 g/mol. The largest absolute Gasteiger partial charge is 0.299 e. The summed E-state index contributed by atoms with van der Waals surface area (Å²) < 4.78 is 0. The molecule has 1 heteroatoms. The van der Waals surface area contributed by atoms with Crippen molar-refractivity contribution in [3.8, 4) is 0 Å². The second-order valence-electron chi connectivity index (χ2n) is 6.77. The first kappa shape index (κ1) is 14.6. The van der Waals surface area contributed by atoms with E-state index in [4.69, 9.17) is 0 Å². The molecule has 1 atom stereocenters. The number of hydrogen-bond acceptors (Lipinski definition) is 1. The van der Waals surface area contributed by atoms with E-state index in [0.29, 0.717) is 17.6 Å². The predicted octanol–water partition coefficient (Wildman–Crippen LogP) is 5.51. The highest BCUT2D eigenvalue weighted by Crippen LogP contribution is 2.37. The van der Waals surface area contributed by atoms with E-state index in [0.717, 1.165) is 25.7 Å². The van der Waals surface area contributed by atoms with Gasteiger partial charge in [0, 0.05) is 12.3 Å². The van der Waals surface area contributed by atoms with E-state index in [1.54, 1.807) is 0 Å². The van der Waals surface area contributed by atoms with Crippen molar-refractivity contribution in [2.75, 3.05) is 0 Å². The van der Waals surface area contributed by atoms with Gasteiger partial charge >= 0.3 is 0 Å². The number of Topliss-reactive ketones (excluding diaryl/α,β-unsaturated/α-hetero) is 1. The van der Waals surface area contributed by atoms with Crippen molar-refractivity contribution in [1.29, 1.82) is 0 Å². The van der Waals surface area contributed by atoms with Crippen LogP contribution in [0.25, 0.3) is 5.57 Å². The Morgan fingerprint density at radius 3 is 2.57 bits per heavy atom. The summed E-state index contributed by atoms with van der Waals surface area (Å²) in [6.45, 7) is 2.18. The fraction of sp³-hybridized carbons (Fsp3) is 0.550. The molecule has 112 valence electrons. The standard InChI is InChI=1S/C20H26O/c1-15-12-13-17(19-11-7-6-10-18(15)19)14-20(21)16-8-4-2-3-5-9-16/h6-7,10-12,16-17H,2-5,8-9,13-14H2,1H3. The van der Waals surface area contributed by atoms with E-state index in [1.807, 2.05) is 0 Å². The van der Waals surface area contributed by atoms with Gasteiger partial charge < -0.3 is 0 Å². The van der Waals surface area contributed by atoms with Crippen molar-refractivity contribution < 1.29 is 4.79 Å². The number of carbonyl (C=O) groups is 1. The van der Waals surface area contributed by atoms with Gasteiger partial charge in [0.25, 0.3) is 0 Å². The minimum Gasteiger partial charge on any atom is -0.299 e. The number of fused-ring (bicyclic) bond motifs is 1. The third kappa shape index (κ3) is 3.28. The van der Waals surface area contributed by atoms with Gasteiger partial charge in [-0.15, -0.1) is 0 Å². The van der Waals surface area contributed by atoms with Crippen LogP contribution in [0.15, 0.2) is 30.3 Å². The van der Waals surface area contributed by atoms with Crippen LogP contribution in [-0.2, 0) is 4.79 Å². The van der Waals surface area contributed by atoms with Crippen molar-refractivity contribution in [1.82, 2.24) is 0 Å². The van der Waals surface area contributed by atoms with Crippen molar-refractivity contribution in [3.05, 3.63) is 41.5 Å². The normalized spacial score (nSPS) is 23.1. The molecule has 2 aliphatic rings. The lowest BCUT2D eigenvalue weighted by Crippen LogP contribution is -2.18. The topological polar surface area (TPSA) is 17.1 Å². The third-order valence-electron chi connectivity index (χ3n) is 5.29. The molecule has 21 heavy (non-hydrogen) atoms. The van der Waals surface area contributed by atoms with E-state index in [-0.39, 0.29) is 0 Å². The molecule has 0 aliphatic heterocycles.